The molecule has 1 aliphatic heterocycles. The fraction of sp³-hybridized carbons (Fsp3) is 0. The summed E-state index contributed by atoms with van der Waals surface area (Å²) >= 11 is 0. The molecule has 2 rings (SSSR count). The third-order valence-electron chi connectivity index (χ3n) is 1.31. The van der Waals surface area contributed by atoms with E-state index in [9.17, 15) is 4.79 Å². The largest absolute Gasteiger partial charge is 0.272 e. The van der Waals surface area contributed by atoms with Crippen LogP contribution in [0.4, 0.5) is 0 Å². The number of hydrogen-bond donors (Lipinski definition) is 0. The fourth-order valence-corrected chi connectivity index (χ4v) is 0.885. The highest BCUT2D eigenvalue weighted by molar-refractivity contribution is 6.06. The number of aromatic nitrogens is 1. The highest BCUT2D eigenvalue weighted by atomic mass is 35.5. The van der Waals surface area contributed by atoms with Crippen LogP contribution in [0.3, 0.4) is 0 Å². The number of nitrogens with zero attached hydrogens (tertiary/aromatic N) is 2. The second-order valence-corrected chi connectivity index (χ2v) is 2.01. The van der Waals surface area contributed by atoms with Gasteiger partial charge in [-0.2, -0.15) is 4.99 Å². The van der Waals surface area contributed by atoms with E-state index in [1.165, 1.54) is 6.08 Å². The van der Waals surface area contributed by atoms with Gasteiger partial charge < -0.3 is 0 Å². The minimum absolute atomic E-state index is 0. The first-order chi connectivity index (χ1) is 4.86. The van der Waals surface area contributed by atoms with Gasteiger partial charge >= 0.3 is 0 Å². The van der Waals surface area contributed by atoms with Gasteiger partial charge in [-0.05, 0) is 12.1 Å². The number of rotatable bonds is 0. The van der Waals surface area contributed by atoms with Crippen molar-refractivity contribution in [3.8, 4) is 0 Å². The van der Waals surface area contributed by atoms with Gasteiger partial charge in [0.15, 0.2) is 5.49 Å². The highest BCUT2D eigenvalue weighted by Crippen LogP contribution is 1.79. The number of pyridine rings is 1. The van der Waals surface area contributed by atoms with Gasteiger partial charge in [0.2, 0.25) is 0 Å². The second kappa shape index (κ2) is 2.80. The monoisotopic (exact) mass is 168 g/mol. The summed E-state index contributed by atoms with van der Waals surface area (Å²) in [6, 6.07) is 3.60. The molecule has 0 saturated carbocycles. The number of hydrogen-bond acceptors (Lipinski definition) is 2. The SMILES string of the molecule is Cl.O=C1C=c2cccnc2=N1. The molecule has 1 aliphatic rings. The zero-order valence-corrected chi connectivity index (χ0v) is 6.34. The van der Waals surface area contributed by atoms with Crippen molar-refractivity contribution in [2.75, 3.05) is 0 Å². The third-order valence-corrected chi connectivity index (χ3v) is 1.31. The van der Waals surface area contributed by atoms with Gasteiger partial charge in [0.25, 0.3) is 5.91 Å². The Hall–Kier alpha value is -1.22. The summed E-state index contributed by atoms with van der Waals surface area (Å²) in [5, 5.41) is 0.813. The van der Waals surface area contributed by atoms with Gasteiger partial charge in [0.1, 0.15) is 0 Å². The van der Waals surface area contributed by atoms with E-state index in [2.05, 4.69) is 9.98 Å². The molecule has 0 unspecified atom stereocenters. The second-order valence-electron chi connectivity index (χ2n) is 2.01. The number of carbonyl (C=O) groups excluding carboxylic acids is 1. The van der Waals surface area contributed by atoms with Crippen LogP contribution in [0.15, 0.2) is 23.3 Å². The first-order valence-corrected chi connectivity index (χ1v) is 2.92. The molecule has 0 spiro atoms. The summed E-state index contributed by atoms with van der Waals surface area (Å²) in [5.41, 5.74) is 0.535. The Balaban J connectivity index is 0.000000605. The van der Waals surface area contributed by atoms with Crippen LogP contribution >= 0.6 is 12.4 Å². The van der Waals surface area contributed by atoms with E-state index in [4.69, 9.17) is 0 Å². The van der Waals surface area contributed by atoms with Crippen molar-refractivity contribution in [1.82, 2.24) is 4.98 Å². The van der Waals surface area contributed by atoms with E-state index in [-0.39, 0.29) is 18.3 Å². The maximum Gasteiger partial charge on any atom is 0.272 e. The van der Waals surface area contributed by atoms with Crippen molar-refractivity contribution in [3.05, 3.63) is 29.0 Å². The minimum atomic E-state index is -0.214. The zero-order valence-electron chi connectivity index (χ0n) is 5.52. The molecule has 11 heavy (non-hydrogen) atoms. The molecule has 0 bridgehead atoms. The Morgan fingerprint density at radius 3 is 2.91 bits per heavy atom. The van der Waals surface area contributed by atoms with Crippen LogP contribution in [0.2, 0.25) is 0 Å². The van der Waals surface area contributed by atoms with Crippen LogP contribution in [0, 0.1) is 0 Å². The highest BCUT2D eigenvalue weighted by Gasteiger charge is 2.00. The molecule has 1 amide bonds. The van der Waals surface area contributed by atoms with Crippen molar-refractivity contribution in [2.24, 2.45) is 4.99 Å². The predicted molar refractivity (Wildman–Crippen MR) is 41.7 cm³/mol. The lowest BCUT2D eigenvalue weighted by Gasteiger charge is -1.76. The third kappa shape index (κ3) is 1.28. The van der Waals surface area contributed by atoms with E-state index in [1.54, 1.807) is 12.3 Å². The summed E-state index contributed by atoms with van der Waals surface area (Å²) in [4.78, 5) is 18.2. The van der Waals surface area contributed by atoms with Gasteiger partial charge in [0, 0.05) is 17.5 Å². The van der Waals surface area contributed by atoms with Crippen LogP contribution < -0.4 is 10.7 Å². The maximum absolute atomic E-state index is 10.6. The molecule has 3 nitrogen and oxygen atoms in total. The van der Waals surface area contributed by atoms with Crippen molar-refractivity contribution in [3.63, 3.8) is 0 Å². The van der Waals surface area contributed by atoms with Crippen LogP contribution in [-0.2, 0) is 4.79 Å². The molecule has 0 fully saturated rings. The average Bonchev–Trinajstić information content (AvgIpc) is 2.27. The first kappa shape index (κ1) is 7.88. The summed E-state index contributed by atoms with van der Waals surface area (Å²) in [6.45, 7) is 0. The Morgan fingerprint density at radius 2 is 2.18 bits per heavy atom. The van der Waals surface area contributed by atoms with Crippen molar-refractivity contribution in [1.29, 1.82) is 0 Å². The van der Waals surface area contributed by atoms with E-state index >= 15 is 0 Å². The summed E-state index contributed by atoms with van der Waals surface area (Å²) in [5.74, 6) is -0.214. The molecule has 1 aromatic rings. The molecule has 0 atom stereocenters. The van der Waals surface area contributed by atoms with Crippen LogP contribution in [0.1, 0.15) is 0 Å². The quantitative estimate of drug-likeness (QED) is 0.522. The smallest absolute Gasteiger partial charge is 0.267 e. The average molecular weight is 169 g/mol. The predicted octanol–water partition coefficient (Wildman–Crippen LogP) is -0.556. The maximum atomic E-state index is 10.6. The lowest BCUT2D eigenvalue weighted by molar-refractivity contribution is -0.112. The van der Waals surface area contributed by atoms with Gasteiger partial charge in [0.05, 0.1) is 0 Å². The van der Waals surface area contributed by atoms with Gasteiger partial charge in [-0.3, -0.25) is 4.79 Å². The zero-order chi connectivity index (χ0) is 6.97. The topological polar surface area (TPSA) is 42.3 Å². The molecule has 56 valence electrons. The molecule has 2 heterocycles. The van der Waals surface area contributed by atoms with Crippen molar-refractivity contribution < 1.29 is 4.79 Å². The normalized spacial score (nSPS) is 12.5. The van der Waals surface area contributed by atoms with E-state index < -0.39 is 0 Å². The van der Waals surface area contributed by atoms with Gasteiger partial charge in [-0.15, -0.1) is 12.4 Å². The number of carbonyl (C=O) groups is 1. The molecule has 0 saturated heterocycles. The molecule has 0 aromatic carbocycles. The summed E-state index contributed by atoms with van der Waals surface area (Å²) in [6.07, 6.45) is 3.09. The Kier molecular flexibility index (Phi) is 2.01. The van der Waals surface area contributed by atoms with Crippen molar-refractivity contribution in [2.45, 2.75) is 0 Å². The van der Waals surface area contributed by atoms with Crippen LogP contribution in [-0.4, -0.2) is 10.9 Å². The van der Waals surface area contributed by atoms with Gasteiger partial charge in [-0.1, -0.05) is 0 Å². The van der Waals surface area contributed by atoms with E-state index in [0.717, 1.165) is 5.22 Å². The molecule has 1 aromatic heterocycles. The Bertz CT molecular complexity index is 362. The Morgan fingerprint density at radius 1 is 1.36 bits per heavy atom. The lowest BCUT2D eigenvalue weighted by Crippen LogP contribution is -2.23. The molecule has 0 aliphatic carbocycles. The fourth-order valence-electron chi connectivity index (χ4n) is 0.885. The summed E-state index contributed by atoms with van der Waals surface area (Å²) in [7, 11) is 0. The number of fused-ring (bicyclic) bond motifs is 1. The standard InChI is InChI=1S/C7H4N2O.ClH/c10-6-4-5-2-1-3-8-7(5)9-6;/h1-4H;1H. The molecular formula is C7H5ClN2O. The first-order valence-electron chi connectivity index (χ1n) is 2.92. The van der Waals surface area contributed by atoms with Crippen molar-refractivity contribution >= 4 is 24.4 Å². The molecule has 0 N–H and O–H groups in total. The number of amides is 1. The van der Waals surface area contributed by atoms with Crippen LogP contribution in [0.5, 0.6) is 0 Å². The van der Waals surface area contributed by atoms with E-state index in [1.807, 2.05) is 6.07 Å². The van der Waals surface area contributed by atoms with Gasteiger partial charge in [-0.25, -0.2) is 4.98 Å². The minimum Gasteiger partial charge on any atom is -0.267 e. The molecular weight excluding hydrogens is 164 g/mol. The van der Waals surface area contributed by atoms with E-state index in [0.29, 0.717) is 5.49 Å². The summed E-state index contributed by atoms with van der Waals surface area (Å²) < 4.78 is 0. The molecule has 0 radical (unpaired) electrons. The molecule has 4 heteroatoms. The lowest BCUT2D eigenvalue weighted by atomic mass is 10.4. The Labute approximate surface area is 68.9 Å². The number of halogens is 1. The van der Waals surface area contributed by atoms with Crippen LogP contribution in [0.25, 0.3) is 6.08 Å².